The van der Waals surface area contributed by atoms with Gasteiger partial charge in [0.25, 0.3) is 5.91 Å². The number of aliphatic hydroxyl groups is 1. The van der Waals surface area contributed by atoms with E-state index in [0.717, 1.165) is 11.8 Å². The molecule has 14 heteroatoms. The van der Waals surface area contributed by atoms with Crippen molar-refractivity contribution in [1.82, 2.24) is 9.97 Å². The Morgan fingerprint density at radius 2 is 1.91 bits per heavy atom. The van der Waals surface area contributed by atoms with E-state index in [1.165, 1.54) is 14.2 Å². The van der Waals surface area contributed by atoms with E-state index >= 15 is 0 Å². The number of fused-ring (bicyclic) bond motifs is 2. The number of aromatic amines is 1. The summed E-state index contributed by atoms with van der Waals surface area (Å²) >= 11 is 7.54. The molecule has 2 amide bonds. The first kappa shape index (κ1) is 34.0. The van der Waals surface area contributed by atoms with Crippen LogP contribution in [0.5, 0.6) is 11.5 Å². The van der Waals surface area contributed by atoms with Crippen LogP contribution in [0.2, 0.25) is 5.02 Å². The molecule has 0 spiro atoms. The van der Waals surface area contributed by atoms with Crippen LogP contribution in [0.4, 0.5) is 11.4 Å². The first-order chi connectivity index (χ1) is 22.4. The van der Waals surface area contributed by atoms with Crippen LogP contribution in [0.1, 0.15) is 37.5 Å². The number of carbonyl (C=O) groups excluding carboxylic acids is 2. The number of halogens is 1. The molecule has 1 aliphatic rings. The molecule has 0 saturated heterocycles. The van der Waals surface area contributed by atoms with Crippen molar-refractivity contribution in [2.75, 3.05) is 43.3 Å². The van der Waals surface area contributed by atoms with Crippen molar-refractivity contribution in [1.29, 1.82) is 0 Å². The fraction of sp³-hybridized carbons (Fsp3) is 0.333. The Labute approximate surface area is 280 Å². The number of imidazole rings is 1. The van der Waals surface area contributed by atoms with Crippen molar-refractivity contribution in [3.8, 4) is 11.5 Å². The lowest BCUT2D eigenvalue weighted by atomic mass is 9.92. The molecule has 4 aromatic rings. The number of nitrogens with one attached hydrogen (secondary N) is 2. The lowest BCUT2D eigenvalue weighted by Gasteiger charge is -2.32. The number of methoxy groups -OCH3 is 2. The number of nitrogens with zero attached hydrogens (tertiary/aromatic N) is 2. The minimum atomic E-state index is -1.25. The summed E-state index contributed by atoms with van der Waals surface area (Å²) in [4.78, 5) is 47.8. The smallest absolute Gasteiger partial charge is 0.313 e. The molecule has 3 aromatic carbocycles. The third-order valence-corrected chi connectivity index (χ3v) is 8.68. The highest BCUT2D eigenvalue weighted by Gasteiger charge is 2.40. The van der Waals surface area contributed by atoms with Gasteiger partial charge in [-0.2, -0.15) is 0 Å². The van der Waals surface area contributed by atoms with Crippen LogP contribution in [-0.2, 0) is 19.1 Å². The normalized spacial score (nSPS) is 16.5. The second kappa shape index (κ2) is 14.2. The number of amides is 2. The van der Waals surface area contributed by atoms with Crippen LogP contribution in [0.3, 0.4) is 0 Å². The Kier molecular flexibility index (Phi) is 10.3. The van der Waals surface area contributed by atoms with E-state index in [4.69, 9.17) is 30.9 Å². The van der Waals surface area contributed by atoms with Crippen molar-refractivity contribution < 1.29 is 38.8 Å². The van der Waals surface area contributed by atoms with E-state index in [1.807, 2.05) is 13.8 Å². The van der Waals surface area contributed by atoms with Gasteiger partial charge < -0.3 is 39.6 Å². The number of para-hydroxylation sites is 1. The summed E-state index contributed by atoms with van der Waals surface area (Å²) in [5, 5.41) is 22.8. The molecule has 0 bridgehead atoms. The van der Waals surface area contributed by atoms with E-state index in [2.05, 4.69) is 15.3 Å². The van der Waals surface area contributed by atoms with Crippen molar-refractivity contribution in [2.45, 2.75) is 37.6 Å². The number of anilines is 2. The van der Waals surface area contributed by atoms with Gasteiger partial charge in [0.1, 0.15) is 12.2 Å². The largest absolute Gasteiger partial charge is 0.493 e. The van der Waals surface area contributed by atoms with Crippen molar-refractivity contribution in [3.05, 3.63) is 70.7 Å². The quantitative estimate of drug-likeness (QED) is 0.145. The molecule has 0 radical (unpaired) electrons. The summed E-state index contributed by atoms with van der Waals surface area (Å²) < 4.78 is 17.8. The van der Waals surface area contributed by atoms with Gasteiger partial charge in [0.15, 0.2) is 16.7 Å². The number of carbonyl (C=O) groups is 3. The van der Waals surface area contributed by atoms with Crippen LogP contribution in [0.25, 0.3) is 11.0 Å². The number of aliphatic hydroxyl groups excluding tert-OH is 1. The van der Waals surface area contributed by atoms with Gasteiger partial charge in [-0.3, -0.25) is 14.4 Å². The molecule has 2 atom stereocenters. The molecule has 2 heterocycles. The Morgan fingerprint density at radius 3 is 2.62 bits per heavy atom. The van der Waals surface area contributed by atoms with Crippen molar-refractivity contribution in [3.63, 3.8) is 0 Å². The summed E-state index contributed by atoms with van der Waals surface area (Å²) in [6, 6.07) is 15.5. The molecule has 1 aliphatic heterocycles. The fourth-order valence-corrected chi connectivity index (χ4v) is 6.13. The van der Waals surface area contributed by atoms with Gasteiger partial charge in [-0.1, -0.05) is 49.3 Å². The standard InChI is InChI=1S/C33H35ClN4O8S/c1-33(2,17-39)16-38-24-11-8-18(34)12-21(24)29(20-6-5-7-25(44-3)30(20)45-4)46-26(31(38)43)14-27(40)35-19-9-10-22-23(13-19)37-32(36-22)47-15-28(41)42/h5-13,26,29,39H,14-17H2,1-4H3,(H,35,40)(H,36,37)(H,41,42)/t26-,29-/m1/s1. The predicted octanol–water partition coefficient (Wildman–Crippen LogP) is 5.28. The Balaban J connectivity index is 1.50. The Morgan fingerprint density at radius 1 is 1.13 bits per heavy atom. The lowest BCUT2D eigenvalue weighted by Crippen LogP contribution is -2.46. The number of thioether (sulfide) groups is 1. The number of carboxylic acid groups (broad SMARTS) is 1. The minimum absolute atomic E-state index is 0.137. The van der Waals surface area contributed by atoms with Gasteiger partial charge in [0.05, 0.1) is 37.4 Å². The zero-order chi connectivity index (χ0) is 33.9. The van der Waals surface area contributed by atoms with E-state index in [-0.39, 0.29) is 25.3 Å². The summed E-state index contributed by atoms with van der Waals surface area (Å²) in [7, 11) is 3.03. The summed E-state index contributed by atoms with van der Waals surface area (Å²) in [6.07, 6.45) is -2.47. The van der Waals surface area contributed by atoms with Gasteiger partial charge in [-0.25, -0.2) is 4.98 Å². The maximum Gasteiger partial charge on any atom is 0.313 e. The molecule has 0 saturated carbocycles. The van der Waals surface area contributed by atoms with Crippen LogP contribution >= 0.6 is 23.4 Å². The highest BCUT2D eigenvalue weighted by Crippen LogP contribution is 2.45. The lowest BCUT2D eigenvalue weighted by molar-refractivity contribution is -0.136. The molecule has 47 heavy (non-hydrogen) atoms. The number of aliphatic carboxylic acids is 1. The van der Waals surface area contributed by atoms with Crippen LogP contribution in [0, 0.1) is 5.41 Å². The molecular weight excluding hydrogens is 648 g/mol. The highest BCUT2D eigenvalue weighted by molar-refractivity contribution is 7.99. The van der Waals surface area contributed by atoms with Gasteiger partial charge >= 0.3 is 5.97 Å². The SMILES string of the molecule is COc1cccc([C@H]2O[C@H](CC(=O)Nc3ccc4[nH]c(SCC(=O)O)nc4c3)C(=O)N(CC(C)(C)CO)c3ccc(Cl)cc32)c1OC. The maximum absolute atomic E-state index is 14.3. The maximum atomic E-state index is 14.3. The van der Waals surface area contributed by atoms with Gasteiger partial charge in [0, 0.05) is 46.1 Å². The number of H-pyrrole nitrogens is 1. The van der Waals surface area contributed by atoms with E-state index < -0.39 is 35.4 Å². The van der Waals surface area contributed by atoms with Crippen LogP contribution in [0.15, 0.2) is 59.8 Å². The number of aromatic nitrogens is 2. The molecule has 5 rings (SSSR count). The molecule has 0 fully saturated rings. The number of carboxylic acids is 1. The third-order valence-electron chi connectivity index (χ3n) is 7.58. The van der Waals surface area contributed by atoms with E-state index in [0.29, 0.717) is 55.2 Å². The predicted molar refractivity (Wildman–Crippen MR) is 179 cm³/mol. The van der Waals surface area contributed by atoms with Crippen LogP contribution < -0.4 is 19.7 Å². The van der Waals surface area contributed by atoms with Crippen molar-refractivity contribution >= 4 is 63.6 Å². The Bertz CT molecular complexity index is 1810. The monoisotopic (exact) mass is 682 g/mol. The topological polar surface area (TPSA) is 163 Å². The Hall–Kier alpha value is -4.30. The number of hydrogen-bond acceptors (Lipinski definition) is 9. The second-order valence-electron chi connectivity index (χ2n) is 11.7. The van der Waals surface area contributed by atoms with E-state index in [9.17, 15) is 19.5 Å². The zero-order valence-corrected chi connectivity index (χ0v) is 27.8. The first-order valence-electron chi connectivity index (χ1n) is 14.6. The molecular formula is C33H35ClN4O8S. The minimum Gasteiger partial charge on any atom is -0.493 e. The van der Waals surface area contributed by atoms with E-state index in [1.54, 1.807) is 59.5 Å². The number of hydrogen-bond donors (Lipinski definition) is 4. The molecule has 0 aliphatic carbocycles. The fourth-order valence-electron chi connectivity index (χ4n) is 5.34. The second-order valence-corrected chi connectivity index (χ2v) is 13.1. The third kappa shape index (κ3) is 7.65. The van der Waals surface area contributed by atoms with Gasteiger partial charge in [0.2, 0.25) is 5.91 Å². The van der Waals surface area contributed by atoms with Crippen molar-refractivity contribution in [2.24, 2.45) is 5.41 Å². The number of ether oxygens (including phenoxy) is 3. The average molecular weight is 683 g/mol. The summed E-state index contributed by atoms with van der Waals surface area (Å²) in [5.74, 6) is -1.20. The van der Waals surface area contributed by atoms with Crippen LogP contribution in [-0.4, -0.2) is 77.2 Å². The van der Waals surface area contributed by atoms with Gasteiger partial charge in [-0.05, 0) is 42.5 Å². The zero-order valence-electron chi connectivity index (χ0n) is 26.2. The molecule has 248 valence electrons. The molecule has 12 nitrogen and oxygen atoms in total. The average Bonchev–Trinajstić information content (AvgIpc) is 3.42. The summed E-state index contributed by atoms with van der Waals surface area (Å²) in [6.45, 7) is 3.62. The summed E-state index contributed by atoms with van der Waals surface area (Å²) in [5.41, 5.74) is 2.63. The molecule has 1 aromatic heterocycles. The number of rotatable bonds is 12. The number of benzene rings is 3. The molecule has 4 N–H and O–H groups in total. The first-order valence-corrected chi connectivity index (χ1v) is 16.0. The highest BCUT2D eigenvalue weighted by atomic mass is 35.5. The molecule has 0 unspecified atom stereocenters. The van der Waals surface area contributed by atoms with Gasteiger partial charge in [-0.15, -0.1) is 0 Å².